The molecule has 1 spiro atoms. The quantitative estimate of drug-likeness (QED) is 0.699. The molecular weight excluding hydrogens is 390 g/mol. The lowest BCUT2D eigenvalue weighted by molar-refractivity contribution is -0.00621. The van der Waals surface area contributed by atoms with Crippen LogP contribution in [0, 0.1) is 19.8 Å². The van der Waals surface area contributed by atoms with Crippen molar-refractivity contribution < 1.29 is 19.1 Å². The van der Waals surface area contributed by atoms with Crippen molar-refractivity contribution in [3.05, 3.63) is 58.7 Å². The molecule has 0 unspecified atom stereocenters. The molecule has 0 N–H and O–H groups in total. The average molecular weight is 422 g/mol. The highest BCUT2D eigenvalue weighted by Gasteiger charge is 2.44. The fourth-order valence-electron chi connectivity index (χ4n) is 4.34. The van der Waals surface area contributed by atoms with Gasteiger partial charge in [-0.1, -0.05) is 26.0 Å². The first-order chi connectivity index (χ1) is 14.8. The highest BCUT2D eigenvalue weighted by molar-refractivity contribution is 6.01. The smallest absolute Gasteiger partial charge is 0.253 e. The van der Waals surface area contributed by atoms with Crippen LogP contribution in [0.4, 0.5) is 0 Å². The molecule has 0 aliphatic carbocycles. The minimum Gasteiger partial charge on any atom is -0.493 e. The molecule has 0 atom stereocenters. The monoisotopic (exact) mass is 421 g/mol. The van der Waals surface area contributed by atoms with Gasteiger partial charge >= 0.3 is 0 Å². The number of carbonyl (C=O) groups excluding carboxylic acids is 2. The van der Waals surface area contributed by atoms with E-state index >= 15 is 0 Å². The van der Waals surface area contributed by atoms with Gasteiger partial charge in [-0.25, -0.2) is 0 Å². The molecular formula is C26H31NO4. The summed E-state index contributed by atoms with van der Waals surface area (Å²) in [6.07, 6.45) is 1.69. The van der Waals surface area contributed by atoms with Gasteiger partial charge in [-0.2, -0.15) is 0 Å². The summed E-state index contributed by atoms with van der Waals surface area (Å²) in [5, 5.41) is 0. The first-order valence-corrected chi connectivity index (χ1v) is 11.1. The van der Waals surface area contributed by atoms with E-state index in [9.17, 15) is 9.59 Å². The van der Waals surface area contributed by atoms with E-state index in [1.54, 1.807) is 0 Å². The number of likely N-dealkylation sites (tertiary alicyclic amines) is 1. The summed E-state index contributed by atoms with van der Waals surface area (Å²) in [6.45, 7) is 10.00. The Morgan fingerprint density at radius 2 is 1.90 bits per heavy atom. The van der Waals surface area contributed by atoms with Gasteiger partial charge in [-0.05, 0) is 55.2 Å². The number of nitrogens with zero attached hydrogens (tertiary/aromatic N) is 1. The summed E-state index contributed by atoms with van der Waals surface area (Å²) >= 11 is 0. The van der Waals surface area contributed by atoms with E-state index in [0.29, 0.717) is 56.0 Å². The molecule has 0 aromatic heterocycles. The van der Waals surface area contributed by atoms with Gasteiger partial charge in [0.2, 0.25) is 0 Å². The van der Waals surface area contributed by atoms with Gasteiger partial charge < -0.3 is 14.4 Å². The van der Waals surface area contributed by atoms with Crippen LogP contribution in [0.2, 0.25) is 0 Å². The van der Waals surface area contributed by atoms with Crippen LogP contribution >= 0.6 is 0 Å². The number of ketones is 1. The molecule has 5 heteroatoms. The Morgan fingerprint density at radius 3 is 2.61 bits per heavy atom. The lowest BCUT2D eigenvalue weighted by Crippen LogP contribution is -2.52. The van der Waals surface area contributed by atoms with Crippen LogP contribution in [0.1, 0.15) is 65.0 Å². The molecule has 2 aliphatic heterocycles. The number of hydrogen-bond donors (Lipinski definition) is 0. The number of aryl methyl sites for hydroxylation is 1. The average Bonchev–Trinajstić information content (AvgIpc) is 2.75. The first-order valence-electron chi connectivity index (χ1n) is 11.1. The maximum Gasteiger partial charge on any atom is 0.253 e. The number of benzene rings is 2. The molecule has 0 bridgehead atoms. The minimum atomic E-state index is -0.512. The van der Waals surface area contributed by atoms with E-state index in [2.05, 4.69) is 13.8 Å². The topological polar surface area (TPSA) is 55.8 Å². The fourth-order valence-corrected chi connectivity index (χ4v) is 4.34. The van der Waals surface area contributed by atoms with Crippen LogP contribution in [0.15, 0.2) is 36.4 Å². The number of Topliss-reactive ketones (excluding diaryl/α,β-unsaturated/α-hetero) is 1. The largest absolute Gasteiger partial charge is 0.493 e. The molecule has 2 aromatic rings. The van der Waals surface area contributed by atoms with Gasteiger partial charge in [0.25, 0.3) is 5.91 Å². The highest BCUT2D eigenvalue weighted by atomic mass is 16.5. The zero-order chi connectivity index (χ0) is 22.2. The van der Waals surface area contributed by atoms with Gasteiger partial charge in [0.1, 0.15) is 17.1 Å². The maximum absolute atomic E-state index is 13.1. The third-order valence-electron chi connectivity index (χ3n) is 6.40. The molecule has 1 fully saturated rings. The van der Waals surface area contributed by atoms with E-state index in [1.165, 1.54) is 0 Å². The highest BCUT2D eigenvalue weighted by Crippen LogP contribution is 2.42. The van der Waals surface area contributed by atoms with Crippen LogP contribution in [-0.2, 0) is 0 Å². The van der Waals surface area contributed by atoms with Crippen LogP contribution in [0.25, 0.3) is 0 Å². The van der Waals surface area contributed by atoms with Crippen molar-refractivity contribution in [1.82, 2.24) is 4.90 Å². The number of carbonyl (C=O) groups is 2. The van der Waals surface area contributed by atoms with E-state index in [0.717, 1.165) is 22.6 Å². The van der Waals surface area contributed by atoms with Gasteiger partial charge in [-0.15, -0.1) is 0 Å². The summed E-state index contributed by atoms with van der Waals surface area (Å²) in [6, 6.07) is 11.2. The van der Waals surface area contributed by atoms with Gasteiger partial charge in [-0.3, -0.25) is 9.59 Å². The van der Waals surface area contributed by atoms with Crippen LogP contribution < -0.4 is 9.47 Å². The number of amides is 1. The van der Waals surface area contributed by atoms with Crippen molar-refractivity contribution in [3.8, 4) is 11.5 Å². The van der Waals surface area contributed by atoms with E-state index in [-0.39, 0.29) is 11.7 Å². The normalized spacial score (nSPS) is 17.5. The Hall–Kier alpha value is -2.82. The molecule has 5 nitrogen and oxygen atoms in total. The van der Waals surface area contributed by atoms with Crippen molar-refractivity contribution in [2.45, 2.75) is 52.6 Å². The SMILES string of the molecule is Cc1ccc2c(c1C)OC1(CCN(C(=O)c3cccc(OCC(C)C)c3)CC1)CC2=O. The van der Waals surface area contributed by atoms with E-state index in [4.69, 9.17) is 9.47 Å². The summed E-state index contributed by atoms with van der Waals surface area (Å²) in [5.74, 6) is 2.01. The summed E-state index contributed by atoms with van der Waals surface area (Å²) in [7, 11) is 0. The molecule has 1 amide bonds. The number of hydrogen-bond acceptors (Lipinski definition) is 4. The van der Waals surface area contributed by atoms with Gasteiger partial charge in [0.15, 0.2) is 5.78 Å². The van der Waals surface area contributed by atoms with Crippen LogP contribution in [-0.4, -0.2) is 41.9 Å². The zero-order valence-corrected chi connectivity index (χ0v) is 18.9. The Kier molecular flexibility index (Phi) is 5.78. The standard InChI is InChI=1S/C26H31NO4/c1-17(2)16-30-21-7-5-6-20(14-21)25(29)27-12-10-26(11-13-27)15-23(28)22-9-8-18(3)19(4)24(22)31-26/h5-9,14,17H,10-13,15-16H2,1-4H3. The lowest BCUT2D eigenvalue weighted by Gasteiger charge is -2.44. The molecule has 2 aromatic carbocycles. The first kappa shape index (κ1) is 21.4. The molecule has 2 heterocycles. The molecule has 2 aliphatic rings. The Bertz CT molecular complexity index is 1000. The molecule has 31 heavy (non-hydrogen) atoms. The van der Waals surface area contributed by atoms with Crippen LogP contribution in [0.5, 0.6) is 11.5 Å². The van der Waals surface area contributed by atoms with Gasteiger partial charge in [0, 0.05) is 31.5 Å². The molecule has 164 valence electrons. The van der Waals surface area contributed by atoms with E-state index < -0.39 is 5.60 Å². The van der Waals surface area contributed by atoms with Crippen molar-refractivity contribution in [3.63, 3.8) is 0 Å². The second-order valence-electron chi connectivity index (χ2n) is 9.29. The van der Waals surface area contributed by atoms with Crippen LogP contribution in [0.3, 0.4) is 0 Å². The van der Waals surface area contributed by atoms with Crippen molar-refractivity contribution in [2.24, 2.45) is 5.92 Å². The van der Waals surface area contributed by atoms with Gasteiger partial charge in [0.05, 0.1) is 18.6 Å². The molecule has 0 saturated carbocycles. The molecule has 1 saturated heterocycles. The third-order valence-corrected chi connectivity index (χ3v) is 6.40. The third kappa shape index (κ3) is 4.32. The number of piperidine rings is 1. The summed E-state index contributed by atoms with van der Waals surface area (Å²) < 4.78 is 12.2. The van der Waals surface area contributed by atoms with E-state index in [1.807, 2.05) is 55.1 Å². The predicted molar refractivity (Wildman–Crippen MR) is 120 cm³/mol. The summed E-state index contributed by atoms with van der Waals surface area (Å²) in [5.41, 5.74) is 2.96. The Labute approximate surface area is 184 Å². The molecule has 4 rings (SSSR count). The second kappa shape index (κ2) is 8.37. The second-order valence-corrected chi connectivity index (χ2v) is 9.29. The number of rotatable bonds is 4. The zero-order valence-electron chi connectivity index (χ0n) is 18.9. The minimum absolute atomic E-state index is 0.000548. The Morgan fingerprint density at radius 1 is 1.16 bits per heavy atom. The predicted octanol–water partition coefficient (Wildman–Crippen LogP) is 4.98. The van der Waals surface area contributed by atoms with Crippen molar-refractivity contribution in [1.29, 1.82) is 0 Å². The maximum atomic E-state index is 13.1. The number of ether oxygens (including phenoxy) is 2. The summed E-state index contributed by atoms with van der Waals surface area (Å²) in [4.78, 5) is 27.8. The number of fused-ring (bicyclic) bond motifs is 1. The molecule has 0 radical (unpaired) electrons. The lowest BCUT2D eigenvalue weighted by atomic mass is 9.81. The van der Waals surface area contributed by atoms with Crippen molar-refractivity contribution >= 4 is 11.7 Å². The fraction of sp³-hybridized carbons (Fsp3) is 0.462. The Balaban J connectivity index is 1.45. The van der Waals surface area contributed by atoms with Crippen molar-refractivity contribution in [2.75, 3.05) is 19.7 Å².